The van der Waals surface area contributed by atoms with Gasteiger partial charge in [-0.3, -0.25) is 5.10 Å². The Morgan fingerprint density at radius 1 is 1.47 bits per heavy atom. The largest absolute Gasteiger partial charge is 0.478 e. The van der Waals surface area contributed by atoms with Crippen LogP contribution in [-0.4, -0.2) is 26.3 Å². The fraction of sp³-hybridized carbons (Fsp3) is 0.222. The third-order valence-electron chi connectivity index (χ3n) is 2.20. The van der Waals surface area contributed by atoms with E-state index in [0.717, 1.165) is 0 Å². The van der Waals surface area contributed by atoms with Crippen molar-refractivity contribution in [3.05, 3.63) is 21.4 Å². The Kier molecular flexibility index (Phi) is 2.22. The molecule has 15 heavy (non-hydrogen) atoms. The zero-order chi connectivity index (χ0) is 11.2. The minimum Gasteiger partial charge on any atom is -0.478 e. The maximum absolute atomic E-state index is 11.1. The van der Waals surface area contributed by atoms with Gasteiger partial charge < -0.3 is 5.11 Å². The Hall–Kier alpha value is -1.43. The number of nitrogens with zero attached hydrogens (tertiary/aromatic N) is 2. The Bertz CT molecular complexity index is 562. The first-order chi connectivity index (χ1) is 7.02. The molecule has 0 saturated carbocycles. The van der Waals surface area contributed by atoms with Gasteiger partial charge in [0.2, 0.25) is 0 Å². The molecule has 2 aromatic rings. The molecule has 0 radical (unpaired) electrons. The van der Waals surface area contributed by atoms with Crippen molar-refractivity contribution in [1.82, 2.24) is 15.2 Å². The summed E-state index contributed by atoms with van der Waals surface area (Å²) in [5.74, 6) is -0.984. The van der Waals surface area contributed by atoms with Crippen molar-refractivity contribution in [2.45, 2.75) is 13.8 Å². The van der Waals surface area contributed by atoms with Crippen molar-refractivity contribution in [3.8, 4) is 0 Å². The first-order valence-electron chi connectivity index (χ1n) is 4.26. The molecule has 0 aliphatic carbocycles. The van der Waals surface area contributed by atoms with Crippen LogP contribution in [0.5, 0.6) is 0 Å². The number of halogens is 1. The van der Waals surface area contributed by atoms with E-state index in [1.54, 1.807) is 13.8 Å². The van der Waals surface area contributed by atoms with Gasteiger partial charge in [0, 0.05) is 5.69 Å². The molecule has 2 heterocycles. The summed E-state index contributed by atoms with van der Waals surface area (Å²) in [6, 6.07) is 0. The lowest BCUT2D eigenvalue weighted by Gasteiger charge is -2.03. The number of hydrogen-bond donors (Lipinski definition) is 2. The average Bonchev–Trinajstić information content (AvgIpc) is 2.49. The Morgan fingerprint density at radius 2 is 2.13 bits per heavy atom. The molecule has 0 atom stereocenters. The van der Waals surface area contributed by atoms with E-state index in [-0.39, 0.29) is 5.56 Å². The standard InChI is InChI=1S/C9H8BrN3O2/c1-3-5-6(9(14)15)7(10)4(2)11-8(5)13-12-3/h1-2H3,(H,14,15)(H,11,12,13). The van der Waals surface area contributed by atoms with Crippen LogP contribution < -0.4 is 0 Å². The fourth-order valence-electron chi connectivity index (χ4n) is 1.50. The van der Waals surface area contributed by atoms with Gasteiger partial charge in [-0.2, -0.15) is 5.10 Å². The van der Waals surface area contributed by atoms with Crippen LogP contribution in [0, 0.1) is 13.8 Å². The summed E-state index contributed by atoms with van der Waals surface area (Å²) in [7, 11) is 0. The van der Waals surface area contributed by atoms with Crippen LogP contribution in [-0.2, 0) is 0 Å². The number of rotatable bonds is 1. The highest BCUT2D eigenvalue weighted by Gasteiger charge is 2.19. The quantitative estimate of drug-likeness (QED) is 0.831. The second-order valence-corrected chi connectivity index (χ2v) is 4.03. The number of carboxylic acids is 1. The van der Waals surface area contributed by atoms with Gasteiger partial charge in [0.1, 0.15) is 0 Å². The van der Waals surface area contributed by atoms with E-state index in [2.05, 4.69) is 31.1 Å². The molecule has 2 N–H and O–H groups in total. The van der Waals surface area contributed by atoms with Crippen molar-refractivity contribution >= 4 is 32.9 Å². The summed E-state index contributed by atoms with van der Waals surface area (Å²) >= 11 is 3.24. The Labute approximate surface area is 93.6 Å². The van der Waals surface area contributed by atoms with Gasteiger partial charge >= 0.3 is 5.97 Å². The van der Waals surface area contributed by atoms with Crippen LogP contribution >= 0.6 is 15.9 Å². The van der Waals surface area contributed by atoms with Crippen LogP contribution in [0.4, 0.5) is 0 Å². The summed E-state index contributed by atoms with van der Waals surface area (Å²) in [6.07, 6.45) is 0. The predicted octanol–water partition coefficient (Wildman–Crippen LogP) is 2.04. The smallest absolute Gasteiger partial charge is 0.337 e. The van der Waals surface area contributed by atoms with E-state index in [4.69, 9.17) is 5.11 Å². The van der Waals surface area contributed by atoms with Crippen LogP contribution in [0.2, 0.25) is 0 Å². The topological polar surface area (TPSA) is 78.9 Å². The molecule has 0 spiro atoms. The highest BCUT2D eigenvalue weighted by atomic mass is 79.9. The SMILES string of the molecule is Cc1nc2n[nH]c(C)c2c(C(=O)O)c1Br. The number of carbonyl (C=O) groups is 1. The summed E-state index contributed by atoms with van der Waals surface area (Å²) < 4.78 is 0.506. The molecular weight excluding hydrogens is 262 g/mol. The first kappa shape index (κ1) is 10.1. The van der Waals surface area contributed by atoms with Crippen LogP contribution in [0.1, 0.15) is 21.7 Å². The van der Waals surface area contributed by atoms with Gasteiger partial charge in [-0.05, 0) is 29.8 Å². The Morgan fingerprint density at radius 3 is 2.73 bits per heavy atom. The fourth-order valence-corrected chi connectivity index (χ4v) is 1.95. The molecule has 0 amide bonds. The molecule has 0 bridgehead atoms. The molecule has 0 aliphatic rings. The zero-order valence-electron chi connectivity index (χ0n) is 8.13. The zero-order valence-corrected chi connectivity index (χ0v) is 9.71. The van der Waals surface area contributed by atoms with Crippen molar-refractivity contribution in [2.75, 3.05) is 0 Å². The minimum absolute atomic E-state index is 0.212. The summed E-state index contributed by atoms with van der Waals surface area (Å²) in [5.41, 5.74) is 1.97. The Balaban J connectivity index is 2.99. The lowest BCUT2D eigenvalue weighted by molar-refractivity contribution is 0.0698. The maximum Gasteiger partial charge on any atom is 0.337 e. The van der Waals surface area contributed by atoms with Gasteiger partial charge in [-0.15, -0.1) is 0 Å². The van der Waals surface area contributed by atoms with Crippen LogP contribution in [0.25, 0.3) is 11.0 Å². The van der Waals surface area contributed by atoms with Gasteiger partial charge in [-0.1, -0.05) is 0 Å². The number of aryl methyl sites for hydroxylation is 2. The van der Waals surface area contributed by atoms with E-state index in [1.165, 1.54) is 0 Å². The number of aromatic carboxylic acids is 1. The summed E-state index contributed by atoms with van der Waals surface area (Å²) in [5, 5.41) is 16.4. The molecule has 0 fully saturated rings. The van der Waals surface area contributed by atoms with E-state index < -0.39 is 5.97 Å². The lowest BCUT2D eigenvalue weighted by Crippen LogP contribution is -2.02. The highest BCUT2D eigenvalue weighted by molar-refractivity contribution is 9.10. The number of carboxylic acid groups (broad SMARTS) is 1. The van der Waals surface area contributed by atoms with Crippen molar-refractivity contribution in [1.29, 1.82) is 0 Å². The van der Waals surface area contributed by atoms with Crippen molar-refractivity contribution in [3.63, 3.8) is 0 Å². The molecule has 0 aromatic carbocycles. The number of hydrogen-bond acceptors (Lipinski definition) is 3. The van der Waals surface area contributed by atoms with Gasteiger partial charge in [0.05, 0.1) is 21.1 Å². The molecule has 2 rings (SSSR count). The summed E-state index contributed by atoms with van der Waals surface area (Å²) in [4.78, 5) is 15.3. The van der Waals surface area contributed by atoms with Crippen molar-refractivity contribution < 1.29 is 9.90 Å². The molecule has 78 valence electrons. The lowest BCUT2D eigenvalue weighted by atomic mass is 10.1. The van der Waals surface area contributed by atoms with Crippen LogP contribution in [0.15, 0.2) is 4.47 Å². The average molecular weight is 270 g/mol. The molecule has 6 heteroatoms. The predicted molar refractivity (Wildman–Crippen MR) is 58.0 cm³/mol. The molecule has 0 saturated heterocycles. The number of H-pyrrole nitrogens is 1. The van der Waals surface area contributed by atoms with E-state index >= 15 is 0 Å². The molecule has 5 nitrogen and oxygen atoms in total. The van der Waals surface area contributed by atoms with Crippen molar-refractivity contribution in [2.24, 2.45) is 0 Å². The van der Waals surface area contributed by atoms with Gasteiger partial charge in [-0.25, -0.2) is 9.78 Å². The van der Waals surface area contributed by atoms with Gasteiger partial charge in [0.25, 0.3) is 0 Å². The monoisotopic (exact) mass is 269 g/mol. The molecule has 2 aromatic heterocycles. The minimum atomic E-state index is -0.984. The third-order valence-corrected chi connectivity index (χ3v) is 3.17. The second-order valence-electron chi connectivity index (χ2n) is 3.24. The van der Waals surface area contributed by atoms with Gasteiger partial charge in [0.15, 0.2) is 5.65 Å². The second kappa shape index (κ2) is 3.30. The third kappa shape index (κ3) is 1.41. The normalized spacial score (nSPS) is 10.9. The number of aromatic nitrogens is 3. The van der Waals surface area contributed by atoms with E-state index in [1.807, 2.05) is 0 Å². The molecule has 0 aliphatic heterocycles. The number of aromatic amines is 1. The highest BCUT2D eigenvalue weighted by Crippen LogP contribution is 2.28. The molecule has 0 unspecified atom stereocenters. The maximum atomic E-state index is 11.1. The number of pyridine rings is 1. The number of fused-ring (bicyclic) bond motifs is 1. The summed E-state index contributed by atoms with van der Waals surface area (Å²) in [6.45, 7) is 3.51. The van der Waals surface area contributed by atoms with Crippen LogP contribution in [0.3, 0.4) is 0 Å². The molecular formula is C9H8BrN3O2. The first-order valence-corrected chi connectivity index (χ1v) is 5.05. The number of nitrogens with one attached hydrogen (secondary N) is 1. The van der Waals surface area contributed by atoms with E-state index in [9.17, 15) is 4.79 Å². The van der Waals surface area contributed by atoms with E-state index in [0.29, 0.717) is 26.9 Å².